The molecule has 0 amide bonds. The Morgan fingerprint density at radius 3 is 2.44 bits per heavy atom. The lowest BCUT2D eigenvalue weighted by Crippen LogP contribution is -2.38. The molecule has 0 aliphatic carbocycles. The number of rotatable bonds is 7. The van der Waals surface area contributed by atoms with Crippen molar-refractivity contribution in [3.8, 4) is 5.75 Å². The van der Waals surface area contributed by atoms with Crippen LogP contribution in [0.5, 0.6) is 5.75 Å². The Bertz CT molecular complexity index is 375. The Labute approximate surface area is 108 Å². The molecule has 0 radical (unpaired) electrons. The van der Waals surface area contributed by atoms with Gasteiger partial charge in [-0.2, -0.15) is 0 Å². The molecule has 100 valence electrons. The molecule has 2 N–H and O–H groups in total. The maximum absolute atomic E-state index is 11.1. The molecule has 0 saturated carbocycles. The smallest absolute Gasteiger partial charge is 0.320 e. The quantitative estimate of drug-likeness (QED) is 0.782. The first-order valence-electron chi connectivity index (χ1n) is 6.21. The average molecular weight is 251 g/mol. The fourth-order valence-electron chi connectivity index (χ4n) is 1.86. The van der Waals surface area contributed by atoms with Gasteiger partial charge in [-0.05, 0) is 31.0 Å². The largest absolute Gasteiger partial charge is 0.497 e. The van der Waals surface area contributed by atoms with Crippen molar-refractivity contribution < 1.29 is 14.6 Å². The van der Waals surface area contributed by atoms with Gasteiger partial charge >= 0.3 is 5.97 Å². The second kappa shape index (κ2) is 7.01. The topological polar surface area (TPSA) is 58.6 Å². The summed E-state index contributed by atoms with van der Waals surface area (Å²) in [7, 11) is 1.62. The molecule has 0 aromatic heterocycles. The van der Waals surface area contributed by atoms with Crippen molar-refractivity contribution in [3.63, 3.8) is 0 Å². The lowest BCUT2D eigenvalue weighted by atomic mass is 10.1. The molecule has 1 rings (SSSR count). The van der Waals surface area contributed by atoms with Crippen LogP contribution >= 0.6 is 0 Å². The standard InChI is InChI=1S/C14H21NO3/c1-4-5-13(14(16)17)15-10(2)11-6-8-12(18-3)9-7-11/h6-10,13,15H,4-5H2,1-3H3,(H,16,17). The number of hydrogen-bond acceptors (Lipinski definition) is 3. The maximum atomic E-state index is 11.1. The number of carboxylic acid groups (broad SMARTS) is 1. The van der Waals surface area contributed by atoms with Gasteiger partial charge in [-0.1, -0.05) is 25.5 Å². The summed E-state index contributed by atoms with van der Waals surface area (Å²) in [6.07, 6.45) is 1.48. The van der Waals surface area contributed by atoms with Gasteiger partial charge in [-0.25, -0.2) is 0 Å². The van der Waals surface area contributed by atoms with Crippen LogP contribution in [0.15, 0.2) is 24.3 Å². The third-order valence-corrected chi connectivity index (χ3v) is 2.94. The maximum Gasteiger partial charge on any atom is 0.320 e. The fourth-order valence-corrected chi connectivity index (χ4v) is 1.86. The third-order valence-electron chi connectivity index (χ3n) is 2.94. The van der Waals surface area contributed by atoms with E-state index in [9.17, 15) is 4.79 Å². The molecular formula is C14H21NO3. The van der Waals surface area contributed by atoms with Gasteiger partial charge in [-0.15, -0.1) is 0 Å². The molecule has 0 fully saturated rings. The zero-order chi connectivity index (χ0) is 13.5. The van der Waals surface area contributed by atoms with Crippen molar-refractivity contribution in [3.05, 3.63) is 29.8 Å². The molecular weight excluding hydrogens is 230 g/mol. The van der Waals surface area contributed by atoms with Crippen molar-refractivity contribution in [2.24, 2.45) is 0 Å². The van der Waals surface area contributed by atoms with Crippen molar-refractivity contribution in [1.29, 1.82) is 0 Å². The molecule has 0 aliphatic heterocycles. The molecule has 1 aromatic carbocycles. The molecule has 0 spiro atoms. The van der Waals surface area contributed by atoms with E-state index in [-0.39, 0.29) is 6.04 Å². The molecule has 1 aromatic rings. The normalized spacial score (nSPS) is 13.9. The molecule has 2 unspecified atom stereocenters. The highest BCUT2D eigenvalue weighted by molar-refractivity contribution is 5.73. The molecule has 4 nitrogen and oxygen atoms in total. The zero-order valence-electron chi connectivity index (χ0n) is 11.1. The van der Waals surface area contributed by atoms with Crippen molar-refractivity contribution >= 4 is 5.97 Å². The monoisotopic (exact) mass is 251 g/mol. The second-order valence-corrected chi connectivity index (χ2v) is 4.34. The Kier molecular flexibility index (Phi) is 5.65. The lowest BCUT2D eigenvalue weighted by molar-refractivity contribution is -0.139. The van der Waals surface area contributed by atoms with Crippen LogP contribution in [0.4, 0.5) is 0 Å². The van der Waals surface area contributed by atoms with E-state index in [0.29, 0.717) is 6.42 Å². The van der Waals surface area contributed by atoms with E-state index < -0.39 is 12.0 Å². The van der Waals surface area contributed by atoms with Gasteiger partial charge in [-0.3, -0.25) is 10.1 Å². The minimum atomic E-state index is -0.794. The minimum absolute atomic E-state index is 0.00329. The summed E-state index contributed by atoms with van der Waals surface area (Å²) in [4.78, 5) is 11.1. The van der Waals surface area contributed by atoms with Crippen LogP contribution in [0.3, 0.4) is 0 Å². The van der Waals surface area contributed by atoms with Crippen LogP contribution in [-0.4, -0.2) is 24.2 Å². The number of nitrogens with one attached hydrogen (secondary N) is 1. The summed E-state index contributed by atoms with van der Waals surface area (Å²) in [6, 6.07) is 7.16. The van der Waals surface area contributed by atoms with E-state index in [1.54, 1.807) is 7.11 Å². The molecule has 0 heterocycles. The summed E-state index contributed by atoms with van der Waals surface area (Å²) < 4.78 is 5.09. The number of ether oxygens (including phenoxy) is 1. The highest BCUT2D eigenvalue weighted by Gasteiger charge is 2.18. The molecule has 0 bridgehead atoms. The molecule has 4 heteroatoms. The highest BCUT2D eigenvalue weighted by atomic mass is 16.5. The number of aliphatic carboxylic acids is 1. The third kappa shape index (κ3) is 4.04. The van der Waals surface area contributed by atoms with Gasteiger partial charge < -0.3 is 9.84 Å². The second-order valence-electron chi connectivity index (χ2n) is 4.34. The summed E-state index contributed by atoms with van der Waals surface area (Å²) >= 11 is 0. The first kappa shape index (κ1) is 14.5. The Morgan fingerprint density at radius 2 is 2.00 bits per heavy atom. The van der Waals surface area contributed by atoms with Gasteiger partial charge in [0.25, 0.3) is 0 Å². The van der Waals surface area contributed by atoms with E-state index in [4.69, 9.17) is 9.84 Å². The Hall–Kier alpha value is -1.55. The van der Waals surface area contributed by atoms with Crippen molar-refractivity contribution in [2.75, 3.05) is 7.11 Å². The predicted octanol–water partition coefficient (Wildman–Crippen LogP) is 2.60. The van der Waals surface area contributed by atoms with Crippen LogP contribution < -0.4 is 10.1 Å². The Balaban J connectivity index is 2.67. The van der Waals surface area contributed by atoms with Gasteiger partial charge in [0.15, 0.2) is 0 Å². The first-order chi connectivity index (χ1) is 8.58. The van der Waals surface area contributed by atoms with Gasteiger partial charge in [0, 0.05) is 6.04 Å². The zero-order valence-corrected chi connectivity index (χ0v) is 11.1. The lowest BCUT2D eigenvalue weighted by Gasteiger charge is -2.20. The van der Waals surface area contributed by atoms with Gasteiger partial charge in [0.1, 0.15) is 11.8 Å². The van der Waals surface area contributed by atoms with E-state index >= 15 is 0 Å². The summed E-state index contributed by atoms with van der Waals surface area (Å²) in [5.41, 5.74) is 1.05. The van der Waals surface area contributed by atoms with Gasteiger partial charge in [0.2, 0.25) is 0 Å². The van der Waals surface area contributed by atoms with E-state index in [0.717, 1.165) is 17.7 Å². The van der Waals surface area contributed by atoms with Crippen LogP contribution in [-0.2, 0) is 4.79 Å². The highest BCUT2D eigenvalue weighted by Crippen LogP contribution is 2.18. The van der Waals surface area contributed by atoms with Gasteiger partial charge in [0.05, 0.1) is 7.11 Å². The van der Waals surface area contributed by atoms with Crippen LogP contribution in [0.25, 0.3) is 0 Å². The van der Waals surface area contributed by atoms with Crippen LogP contribution in [0, 0.1) is 0 Å². The predicted molar refractivity (Wildman–Crippen MR) is 70.9 cm³/mol. The van der Waals surface area contributed by atoms with Crippen molar-refractivity contribution in [1.82, 2.24) is 5.32 Å². The van der Waals surface area contributed by atoms with Crippen molar-refractivity contribution in [2.45, 2.75) is 38.8 Å². The SMILES string of the molecule is CCCC(NC(C)c1ccc(OC)cc1)C(=O)O. The van der Waals surface area contributed by atoms with E-state index in [1.807, 2.05) is 38.1 Å². The van der Waals surface area contributed by atoms with E-state index in [1.165, 1.54) is 0 Å². The number of hydrogen-bond donors (Lipinski definition) is 2. The number of benzene rings is 1. The number of carboxylic acids is 1. The molecule has 18 heavy (non-hydrogen) atoms. The summed E-state index contributed by atoms with van der Waals surface area (Å²) in [5.74, 6) is 0.00602. The number of carbonyl (C=O) groups is 1. The minimum Gasteiger partial charge on any atom is -0.497 e. The molecule has 0 saturated heterocycles. The molecule has 2 atom stereocenters. The summed E-state index contributed by atoms with van der Waals surface area (Å²) in [6.45, 7) is 3.95. The average Bonchev–Trinajstić information content (AvgIpc) is 2.38. The first-order valence-corrected chi connectivity index (χ1v) is 6.21. The summed E-state index contributed by atoms with van der Waals surface area (Å²) in [5, 5.41) is 12.2. The Morgan fingerprint density at radius 1 is 1.39 bits per heavy atom. The van der Waals surface area contributed by atoms with E-state index in [2.05, 4.69) is 5.32 Å². The van der Waals surface area contributed by atoms with Crippen LogP contribution in [0.2, 0.25) is 0 Å². The number of methoxy groups -OCH3 is 1. The van der Waals surface area contributed by atoms with Crippen LogP contribution in [0.1, 0.15) is 38.3 Å². The fraction of sp³-hybridized carbons (Fsp3) is 0.500. The molecule has 0 aliphatic rings.